The Hall–Kier alpha value is -1.39. The van der Waals surface area contributed by atoms with Gasteiger partial charge in [-0.15, -0.1) is 0 Å². The van der Waals surface area contributed by atoms with Crippen molar-refractivity contribution in [3.8, 4) is 5.75 Å². The maximum absolute atomic E-state index is 12.7. The van der Waals surface area contributed by atoms with Crippen LogP contribution in [0.4, 0.5) is 4.39 Å². The van der Waals surface area contributed by atoms with Crippen LogP contribution in [0.2, 0.25) is 0 Å². The van der Waals surface area contributed by atoms with E-state index in [9.17, 15) is 4.39 Å². The Bertz CT molecular complexity index is 464. The molecule has 0 aliphatic heterocycles. The second-order valence-corrected chi connectivity index (χ2v) is 5.34. The van der Waals surface area contributed by atoms with Gasteiger partial charge >= 0.3 is 0 Å². The fourth-order valence-electron chi connectivity index (χ4n) is 1.78. The molecule has 2 aromatic rings. The summed E-state index contributed by atoms with van der Waals surface area (Å²) in [5, 5.41) is 3.30. The standard InChI is InChI=1S/C16H17BrFNO/c17-14-3-7-16(8-4-14)20-12-11-19-10-9-13-1-5-15(18)6-2-13/h1-8,19H,9-12H2. The van der Waals surface area contributed by atoms with Crippen molar-refractivity contribution in [3.05, 3.63) is 64.4 Å². The van der Waals surface area contributed by atoms with Crippen LogP contribution < -0.4 is 10.1 Å². The largest absolute Gasteiger partial charge is 0.492 e. The van der Waals surface area contributed by atoms with Crippen LogP contribution in [0.3, 0.4) is 0 Å². The predicted octanol–water partition coefficient (Wildman–Crippen LogP) is 3.80. The Morgan fingerprint density at radius 3 is 2.35 bits per heavy atom. The van der Waals surface area contributed by atoms with Gasteiger partial charge in [0.15, 0.2) is 0 Å². The van der Waals surface area contributed by atoms with E-state index in [1.807, 2.05) is 36.4 Å². The molecular formula is C16H17BrFNO. The molecule has 0 aliphatic rings. The SMILES string of the molecule is Fc1ccc(CCNCCOc2ccc(Br)cc2)cc1. The number of ether oxygens (including phenoxy) is 1. The van der Waals surface area contributed by atoms with E-state index in [-0.39, 0.29) is 5.82 Å². The highest BCUT2D eigenvalue weighted by Gasteiger charge is 1.95. The molecule has 106 valence electrons. The van der Waals surface area contributed by atoms with Crippen molar-refractivity contribution in [3.63, 3.8) is 0 Å². The molecule has 0 fully saturated rings. The highest BCUT2D eigenvalue weighted by molar-refractivity contribution is 9.10. The van der Waals surface area contributed by atoms with E-state index < -0.39 is 0 Å². The van der Waals surface area contributed by atoms with Crippen molar-refractivity contribution in [2.24, 2.45) is 0 Å². The summed E-state index contributed by atoms with van der Waals surface area (Å²) in [6.45, 7) is 2.28. The quantitative estimate of drug-likeness (QED) is 0.776. The summed E-state index contributed by atoms with van der Waals surface area (Å²) in [7, 11) is 0. The second kappa shape index (κ2) is 8.02. The van der Waals surface area contributed by atoms with Gasteiger partial charge < -0.3 is 10.1 Å². The molecule has 2 nitrogen and oxygen atoms in total. The van der Waals surface area contributed by atoms with Crippen LogP contribution in [0.5, 0.6) is 5.75 Å². The maximum Gasteiger partial charge on any atom is 0.123 e. The van der Waals surface area contributed by atoms with Gasteiger partial charge in [0.2, 0.25) is 0 Å². The van der Waals surface area contributed by atoms with Crippen molar-refractivity contribution < 1.29 is 9.13 Å². The lowest BCUT2D eigenvalue weighted by atomic mass is 10.1. The molecule has 0 bridgehead atoms. The smallest absolute Gasteiger partial charge is 0.123 e. The Kier molecular flexibility index (Phi) is 6.02. The summed E-state index contributed by atoms with van der Waals surface area (Å²) in [5.74, 6) is 0.679. The first-order chi connectivity index (χ1) is 9.74. The number of rotatable bonds is 7. The van der Waals surface area contributed by atoms with Gasteiger partial charge in [-0.25, -0.2) is 4.39 Å². The van der Waals surface area contributed by atoms with Gasteiger partial charge in [0.1, 0.15) is 18.2 Å². The van der Waals surface area contributed by atoms with E-state index in [1.165, 1.54) is 12.1 Å². The molecule has 0 aromatic heterocycles. The van der Waals surface area contributed by atoms with Crippen molar-refractivity contribution in [1.29, 1.82) is 0 Å². The third-order valence-electron chi connectivity index (χ3n) is 2.86. The molecule has 0 amide bonds. The lowest BCUT2D eigenvalue weighted by Gasteiger charge is -2.07. The minimum Gasteiger partial charge on any atom is -0.492 e. The number of nitrogens with one attached hydrogen (secondary N) is 1. The Morgan fingerprint density at radius 2 is 1.65 bits per heavy atom. The summed E-state index contributed by atoms with van der Waals surface area (Å²) < 4.78 is 19.4. The molecule has 20 heavy (non-hydrogen) atoms. The van der Waals surface area contributed by atoms with Crippen molar-refractivity contribution in [2.45, 2.75) is 6.42 Å². The number of hydrogen-bond acceptors (Lipinski definition) is 2. The molecule has 0 saturated heterocycles. The van der Waals surface area contributed by atoms with Crippen molar-refractivity contribution in [1.82, 2.24) is 5.32 Å². The molecule has 2 rings (SSSR count). The van der Waals surface area contributed by atoms with Crippen LogP contribution >= 0.6 is 15.9 Å². The number of benzene rings is 2. The highest BCUT2D eigenvalue weighted by Crippen LogP contribution is 2.15. The number of halogens is 2. The average Bonchev–Trinajstić information content (AvgIpc) is 2.46. The van der Waals surface area contributed by atoms with Gasteiger partial charge in [-0.2, -0.15) is 0 Å². The molecule has 1 N–H and O–H groups in total. The summed E-state index contributed by atoms with van der Waals surface area (Å²) in [5.41, 5.74) is 1.13. The first-order valence-corrected chi connectivity index (χ1v) is 7.37. The molecule has 2 aromatic carbocycles. The molecule has 4 heteroatoms. The first-order valence-electron chi connectivity index (χ1n) is 6.57. The van der Waals surface area contributed by atoms with Gasteiger partial charge in [0.05, 0.1) is 0 Å². The Balaban J connectivity index is 1.57. The summed E-state index contributed by atoms with van der Waals surface area (Å²) in [6.07, 6.45) is 0.887. The lowest BCUT2D eigenvalue weighted by molar-refractivity contribution is 0.314. The van der Waals surface area contributed by atoms with Gasteiger partial charge in [-0.3, -0.25) is 0 Å². The molecular weight excluding hydrogens is 321 g/mol. The van der Waals surface area contributed by atoms with Gasteiger partial charge in [0, 0.05) is 11.0 Å². The van der Waals surface area contributed by atoms with Gasteiger partial charge in [-0.05, 0) is 54.9 Å². The molecule has 0 heterocycles. The van der Waals surface area contributed by atoms with Crippen LogP contribution in [-0.2, 0) is 6.42 Å². The summed E-state index contributed by atoms with van der Waals surface area (Å²) in [6, 6.07) is 14.4. The van der Waals surface area contributed by atoms with Gasteiger partial charge in [0.25, 0.3) is 0 Å². The lowest BCUT2D eigenvalue weighted by Crippen LogP contribution is -2.23. The van der Waals surface area contributed by atoms with E-state index in [0.717, 1.165) is 35.3 Å². The van der Waals surface area contributed by atoms with Crippen molar-refractivity contribution in [2.75, 3.05) is 19.7 Å². The van der Waals surface area contributed by atoms with E-state index in [2.05, 4.69) is 21.2 Å². The van der Waals surface area contributed by atoms with Crippen LogP contribution in [0.15, 0.2) is 53.0 Å². The Labute approximate surface area is 127 Å². The minimum atomic E-state index is -0.190. The highest BCUT2D eigenvalue weighted by atomic mass is 79.9. The third-order valence-corrected chi connectivity index (χ3v) is 3.39. The number of hydrogen-bond donors (Lipinski definition) is 1. The zero-order valence-electron chi connectivity index (χ0n) is 11.1. The molecule has 0 aliphatic carbocycles. The van der Waals surface area contributed by atoms with Gasteiger partial charge in [-0.1, -0.05) is 28.1 Å². The third kappa shape index (κ3) is 5.31. The topological polar surface area (TPSA) is 21.3 Å². The van der Waals surface area contributed by atoms with Crippen LogP contribution in [0.1, 0.15) is 5.56 Å². The molecule has 0 saturated carbocycles. The summed E-state index contributed by atoms with van der Waals surface area (Å²) in [4.78, 5) is 0. The molecule has 0 atom stereocenters. The Morgan fingerprint density at radius 1 is 0.950 bits per heavy atom. The van der Waals surface area contributed by atoms with E-state index >= 15 is 0 Å². The fraction of sp³-hybridized carbons (Fsp3) is 0.250. The second-order valence-electron chi connectivity index (χ2n) is 4.43. The monoisotopic (exact) mass is 337 g/mol. The predicted molar refractivity (Wildman–Crippen MR) is 82.6 cm³/mol. The fourth-order valence-corrected chi connectivity index (χ4v) is 2.05. The van der Waals surface area contributed by atoms with Crippen LogP contribution in [0, 0.1) is 5.82 Å². The molecule has 0 radical (unpaired) electrons. The van der Waals surface area contributed by atoms with Crippen LogP contribution in [0.25, 0.3) is 0 Å². The maximum atomic E-state index is 12.7. The molecule has 0 unspecified atom stereocenters. The zero-order chi connectivity index (χ0) is 14.2. The molecule has 0 spiro atoms. The van der Waals surface area contributed by atoms with Crippen LogP contribution in [-0.4, -0.2) is 19.7 Å². The normalized spacial score (nSPS) is 10.5. The van der Waals surface area contributed by atoms with E-state index in [1.54, 1.807) is 0 Å². The van der Waals surface area contributed by atoms with E-state index in [0.29, 0.717) is 6.61 Å². The minimum absolute atomic E-state index is 0.190. The average molecular weight is 338 g/mol. The zero-order valence-corrected chi connectivity index (χ0v) is 12.7. The van der Waals surface area contributed by atoms with E-state index in [4.69, 9.17) is 4.74 Å². The first kappa shape index (κ1) is 15.0. The summed E-state index contributed by atoms with van der Waals surface area (Å²) >= 11 is 3.38. The van der Waals surface area contributed by atoms with Crippen molar-refractivity contribution >= 4 is 15.9 Å².